The Bertz CT molecular complexity index is 1120. The highest BCUT2D eigenvalue weighted by molar-refractivity contribution is 6.05. The van der Waals surface area contributed by atoms with Gasteiger partial charge in [0.25, 0.3) is 5.91 Å². The van der Waals surface area contributed by atoms with Crippen LogP contribution in [-0.2, 0) is 9.53 Å². The minimum atomic E-state index is -1.34. The van der Waals surface area contributed by atoms with Crippen LogP contribution in [0.3, 0.4) is 0 Å². The van der Waals surface area contributed by atoms with Gasteiger partial charge in [-0.15, -0.1) is 0 Å². The minimum absolute atomic E-state index is 0.0738. The lowest BCUT2D eigenvalue weighted by Gasteiger charge is -2.37. The number of aliphatic hydroxyl groups excluding tert-OH is 3. The normalized spacial score (nSPS) is 26.0. The van der Waals surface area contributed by atoms with Crippen LogP contribution >= 0.6 is 0 Å². The zero-order chi connectivity index (χ0) is 24.2. The van der Waals surface area contributed by atoms with Crippen molar-refractivity contribution < 1.29 is 24.9 Å². The molecule has 4 rings (SSSR count). The molecule has 4 unspecified atom stereocenters. The number of rotatable bonds is 5. The SMILES string of the molecule is CC(=C(C#N)C(=O)NC1COC(CO)C(O)C1O)c1ccc2cc(N3CCCCC3)ccc2c1. The van der Waals surface area contributed by atoms with Gasteiger partial charge in [0.1, 0.15) is 30.0 Å². The first kappa shape index (κ1) is 24.2. The van der Waals surface area contributed by atoms with Gasteiger partial charge in [-0.25, -0.2) is 0 Å². The van der Waals surface area contributed by atoms with Crippen molar-refractivity contribution in [3.63, 3.8) is 0 Å². The smallest absolute Gasteiger partial charge is 0.262 e. The standard InChI is InChI=1S/C26H31N3O5/c1-16(21(13-27)26(33)28-22-15-34-23(14-30)25(32)24(22)31)17-5-6-19-12-20(8-7-18(19)11-17)29-9-3-2-4-10-29/h5-8,11-12,22-25,30-32H,2-4,9-10,14-15H2,1H3,(H,28,33). The molecule has 180 valence electrons. The number of benzene rings is 2. The molecule has 2 heterocycles. The molecule has 0 saturated carbocycles. The fraction of sp³-hybridized carbons (Fsp3) is 0.462. The topological polar surface area (TPSA) is 126 Å². The maximum Gasteiger partial charge on any atom is 0.262 e. The number of anilines is 1. The number of nitrogens with zero attached hydrogens (tertiary/aromatic N) is 2. The number of fused-ring (bicyclic) bond motifs is 1. The van der Waals surface area contributed by atoms with Crippen LogP contribution in [-0.4, -0.2) is 71.9 Å². The fourth-order valence-electron chi connectivity index (χ4n) is 4.68. The van der Waals surface area contributed by atoms with Crippen molar-refractivity contribution in [1.82, 2.24) is 5.32 Å². The van der Waals surface area contributed by atoms with Crippen molar-refractivity contribution in [3.05, 3.63) is 47.5 Å². The van der Waals surface area contributed by atoms with Crippen LogP contribution in [0, 0.1) is 11.3 Å². The molecule has 2 aromatic carbocycles. The van der Waals surface area contributed by atoms with E-state index in [1.807, 2.05) is 24.3 Å². The molecule has 0 spiro atoms. The van der Waals surface area contributed by atoms with Gasteiger partial charge < -0.3 is 30.3 Å². The van der Waals surface area contributed by atoms with Gasteiger partial charge in [0.15, 0.2) is 0 Å². The van der Waals surface area contributed by atoms with Crippen LogP contribution in [0.1, 0.15) is 31.7 Å². The second kappa shape index (κ2) is 10.5. The number of amides is 1. The predicted molar refractivity (Wildman–Crippen MR) is 129 cm³/mol. The quantitative estimate of drug-likeness (QED) is 0.391. The average Bonchev–Trinajstić information content (AvgIpc) is 2.87. The van der Waals surface area contributed by atoms with E-state index in [0.29, 0.717) is 5.57 Å². The van der Waals surface area contributed by atoms with Crippen molar-refractivity contribution in [2.45, 2.75) is 50.5 Å². The molecule has 2 fully saturated rings. The van der Waals surface area contributed by atoms with Gasteiger partial charge in [-0.1, -0.05) is 18.2 Å². The second-order valence-corrected chi connectivity index (χ2v) is 9.02. The largest absolute Gasteiger partial charge is 0.394 e. The molecule has 1 amide bonds. The molecule has 4 atom stereocenters. The first-order valence-electron chi connectivity index (χ1n) is 11.7. The number of carbonyl (C=O) groups excluding carboxylic acids is 1. The zero-order valence-corrected chi connectivity index (χ0v) is 19.3. The maximum atomic E-state index is 12.8. The molecule has 2 saturated heterocycles. The van der Waals surface area contributed by atoms with Crippen molar-refractivity contribution in [2.24, 2.45) is 0 Å². The number of piperidine rings is 1. The number of nitrogens with one attached hydrogen (secondary N) is 1. The van der Waals surface area contributed by atoms with Crippen LogP contribution in [0.25, 0.3) is 16.3 Å². The highest BCUT2D eigenvalue weighted by atomic mass is 16.5. The van der Waals surface area contributed by atoms with Crippen LogP contribution in [0.5, 0.6) is 0 Å². The molecule has 34 heavy (non-hydrogen) atoms. The Hall–Kier alpha value is -2.96. The molecule has 4 N–H and O–H groups in total. The average molecular weight is 466 g/mol. The number of allylic oxidation sites excluding steroid dienone is 1. The van der Waals surface area contributed by atoms with Crippen molar-refractivity contribution in [3.8, 4) is 6.07 Å². The van der Waals surface area contributed by atoms with E-state index in [0.717, 1.165) is 29.4 Å². The van der Waals surface area contributed by atoms with Crippen LogP contribution in [0.4, 0.5) is 5.69 Å². The van der Waals surface area contributed by atoms with Gasteiger partial charge in [0.2, 0.25) is 0 Å². The predicted octanol–water partition coefficient (Wildman–Crippen LogP) is 1.72. The lowest BCUT2D eigenvalue weighted by molar-refractivity contribution is -0.163. The van der Waals surface area contributed by atoms with E-state index < -0.39 is 36.9 Å². The van der Waals surface area contributed by atoms with Crippen LogP contribution in [0.2, 0.25) is 0 Å². The summed E-state index contributed by atoms with van der Waals surface area (Å²) in [6.45, 7) is 3.34. The van der Waals surface area contributed by atoms with Crippen molar-refractivity contribution >= 4 is 27.9 Å². The first-order chi connectivity index (χ1) is 16.4. The summed E-state index contributed by atoms with van der Waals surface area (Å²) in [6.07, 6.45) is 0.143. The Morgan fingerprint density at radius 1 is 1.12 bits per heavy atom. The summed E-state index contributed by atoms with van der Waals surface area (Å²) in [5, 5.41) is 43.9. The summed E-state index contributed by atoms with van der Waals surface area (Å²) in [5.41, 5.74) is 2.41. The van der Waals surface area contributed by atoms with Crippen LogP contribution in [0.15, 0.2) is 42.0 Å². The van der Waals surface area contributed by atoms with E-state index in [9.17, 15) is 25.4 Å². The summed E-state index contributed by atoms with van der Waals surface area (Å²) < 4.78 is 5.31. The molecular formula is C26H31N3O5. The van der Waals surface area contributed by atoms with Crippen molar-refractivity contribution in [2.75, 3.05) is 31.2 Å². The first-order valence-corrected chi connectivity index (χ1v) is 11.7. The number of hydrogen-bond donors (Lipinski definition) is 4. The molecule has 8 nitrogen and oxygen atoms in total. The lowest BCUT2D eigenvalue weighted by atomic mass is 9.96. The Morgan fingerprint density at radius 2 is 1.82 bits per heavy atom. The van der Waals surface area contributed by atoms with Gasteiger partial charge in [-0.2, -0.15) is 5.26 Å². The summed E-state index contributed by atoms with van der Waals surface area (Å²) in [5.74, 6) is -0.650. The van der Waals surface area contributed by atoms with Gasteiger partial charge in [0, 0.05) is 18.8 Å². The van der Waals surface area contributed by atoms with E-state index in [4.69, 9.17) is 4.74 Å². The van der Waals surface area contributed by atoms with E-state index in [1.54, 1.807) is 6.92 Å². The third-order valence-electron chi connectivity index (χ3n) is 6.82. The molecule has 2 aliphatic rings. The third-order valence-corrected chi connectivity index (χ3v) is 6.82. The van der Waals surface area contributed by atoms with Gasteiger partial charge in [0.05, 0.1) is 19.3 Å². The molecule has 0 radical (unpaired) electrons. The molecule has 2 aromatic rings. The third kappa shape index (κ3) is 4.93. The monoisotopic (exact) mass is 465 g/mol. The number of ether oxygens (including phenoxy) is 1. The van der Waals surface area contributed by atoms with Gasteiger partial charge in [-0.3, -0.25) is 4.79 Å². The summed E-state index contributed by atoms with van der Waals surface area (Å²) in [7, 11) is 0. The van der Waals surface area contributed by atoms with E-state index in [1.165, 1.54) is 24.9 Å². The lowest BCUT2D eigenvalue weighted by Crippen LogP contribution is -2.60. The van der Waals surface area contributed by atoms with Crippen molar-refractivity contribution in [1.29, 1.82) is 5.26 Å². The number of nitriles is 1. The van der Waals surface area contributed by atoms with Gasteiger partial charge in [-0.05, 0) is 66.3 Å². The van der Waals surface area contributed by atoms with E-state index >= 15 is 0 Å². The summed E-state index contributed by atoms with van der Waals surface area (Å²) >= 11 is 0. The Labute approximate surface area is 199 Å². The van der Waals surface area contributed by atoms with Gasteiger partial charge >= 0.3 is 0 Å². The molecule has 0 aromatic heterocycles. The Kier molecular flexibility index (Phi) is 7.49. The summed E-state index contributed by atoms with van der Waals surface area (Å²) in [6, 6.07) is 13.3. The van der Waals surface area contributed by atoms with Crippen LogP contribution < -0.4 is 10.2 Å². The maximum absolute atomic E-state index is 12.8. The Morgan fingerprint density at radius 3 is 2.53 bits per heavy atom. The highest BCUT2D eigenvalue weighted by Gasteiger charge is 2.39. The molecular weight excluding hydrogens is 434 g/mol. The number of carbonyl (C=O) groups is 1. The fourth-order valence-corrected chi connectivity index (χ4v) is 4.68. The molecule has 0 aliphatic carbocycles. The number of aliphatic hydroxyl groups is 3. The van der Waals surface area contributed by atoms with E-state index in [-0.39, 0.29) is 12.2 Å². The molecule has 2 aliphatic heterocycles. The van der Waals surface area contributed by atoms with E-state index in [2.05, 4.69) is 28.4 Å². The minimum Gasteiger partial charge on any atom is -0.394 e. The number of hydrogen-bond acceptors (Lipinski definition) is 7. The second-order valence-electron chi connectivity index (χ2n) is 9.02. The molecule has 8 heteroatoms. The zero-order valence-electron chi connectivity index (χ0n) is 19.3. The Balaban J connectivity index is 1.53. The molecule has 0 bridgehead atoms. The summed E-state index contributed by atoms with van der Waals surface area (Å²) in [4.78, 5) is 15.3. The highest BCUT2D eigenvalue weighted by Crippen LogP contribution is 2.28.